The summed E-state index contributed by atoms with van der Waals surface area (Å²) in [7, 11) is 0. The van der Waals surface area contributed by atoms with Gasteiger partial charge in [-0.15, -0.1) is 0 Å². The van der Waals surface area contributed by atoms with Crippen molar-refractivity contribution in [2.45, 2.75) is 32.8 Å². The first kappa shape index (κ1) is 15.3. The van der Waals surface area contributed by atoms with Gasteiger partial charge in [0, 0.05) is 13.2 Å². The second kappa shape index (κ2) is 9.57. The van der Waals surface area contributed by atoms with Crippen LogP contribution in [-0.2, 0) is 9.53 Å². The molecule has 1 atom stereocenters. The van der Waals surface area contributed by atoms with Gasteiger partial charge in [0.2, 0.25) is 0 Å². The molecule has 0 fully saturated rings. The van der Waals surface area contributed by atoms with Gasteiger partial charge in [-0.3, -0.25) is 9.69 Å². The molecule has 0 aliphatic heterocycles. The average molecular weight is 233 g/mol. The first-order valence-electron chi connectivity index (χ1n) is 5.80. The molecule has 5 heteroatoms. The van der Waals surface area contributed by atoms with Crippen molar-refractivity contribution in [3.05, 3.63) is 0 Å². The van der Waals surface area contributed by atoms with Crippen LogP contribution in [0.2, 0.25) is 0 Å². The van der Waals surface area contributed by atoms with E-state index in [2.05, 4.69) is 6.92 Å². The van der Waals surface area contributed by atoms with E-state index < -0.39 is 12.1 Å². The molecule has 0 rings (SSSR count). The molecule has 0 radical (unpaired) electrons. The van der Waals surface area contributed by atoms with Crippen LogP contribution < -0.4 is 0 Å². The van der Waals surface area contributed by atoms with Gasteiger partial charge < -0.3 is 14.9 Å². The Morgan fingerprint density at radius 2 is 2.12 bits per heavy atom. The zero-order valence-electron chi connectivity index (χ0n) is 10.2. The molecule has 0 saturated heterocycles. The van der Waals surface area contributed by atoms with E-state index in [9.17, 15) is 9.90 Å². The average Bonchev–Trinajstić information content (AvgIpc) is 2.23. The number of hydrogen-bond acceptors (Lipinski definition) is 4. The number of carboxylic acid groups (broad SMARTS) is 1. The molecular formula is C11H23NO4. The Morgan fingerprint density at radius 3 is 2.62 bits per heavy atom. The number of hydrogen-bond donors (Lipinski definition) is 2. The summed E-state index contributed by atoms with van der Waals surface area (Å²) in [5.74, 6) is -0.874. The van der Waals surface area contributed by atoms with Gasteiger partial charge in [-0.2, -0.15) is 0 Å². The summed E-state index contributed by atoms with van der Waals surface area (Å²) in [5.41, 5.74) is 0. The SMILES string of the molecule is CCCCOCC(O)CN(CC)CC(=O)O. The molecule has 0 bridgehead atoms. The number of likely N-dealkylation sites (N-methyl/N-ethyl adjacent to an activating group) is 1. The van der Waals surface area contributed by atoms with E-state index >= 15 is 0 Å². The van der Waals surface area contributed by atoms with E-state index in [1.165, 1.54) is 0 Å². The van der Waals surface area contributed by atoms with Crippen LogP contribution in [-0.4, -0.2) is 60.0 Å². The van der Waals surface area contributed by atoms with Gasteiger partial charge in [-0.05, 0) is 13.0 Å². The highest BCUT2D eigenvalue weighted by Crippen LogP contribution is 1.95. The molecule has 0 aliphatic carbocycles. The summed E-state index contributed by atoms with van der Waals surface area (Å²) in [5, 5.41) is 18.2. The lowest BCUT2D eigenvalue weighted by atomic mass is 10.3. The Bertz CT molecular complexity index is 187. The second-order valence-electron chi connectivity index (χ2n) is 3.80. The molecule has 0 aromatic heterocycles. The van der Waals surface area contributed by atoms with Crippen molar-refractivity contribution < 1.29 is 19.7 Å². The summed E-state index contributed by atoms with van der Waals surface area (Å²) in [6, 6.07) is 0. The third kappa shape index (κ3) is 8.64. The van der Waals surface area contributed by atoms with Gasteiger partial charge in [0.25, 0.3) is 0 Å². The van der Waals surface area contributed by atoms with Crippen molar-refractivity contribution in [2.75, 3.05) is 32.8 Å². The van der Waals surface area contributed by atoms with Crippen molar-refractivity contribution in [2.24, 2.45) is 0 Å². The predicted molar refractivity (Wildman–Crippen MR) is 61.5 cm³/mol. The number of ether oxygens (including phenoxy) is 1. The molecule has 5 nitrogen and oxygen atoms in total. The van der Waals surface area contributed by atoms with Gasteiger partial charge >= 0.3 is 5.97 Å². The van der Waals surface area contributed by atoms with Crippen molar-refractivity contribution >= 4 is 5.97 Å². The van der Waals surface area contributed by atoms with Crippen LogP contribution in [0.1, 0.15) is 26.7 Å². The Kier molecular flexibility index (Phi) is 9.18. The number of carboxylic acids is 1. The van der Waals surface area contributed by atoms with E-state index in [1.807, 2.05) is 6.92 Å². The molecular weight excluding hydrogens is 210 g/mol. The Labute approximate surface area is 97.0 Å². The molecule has 0 heterocycles. The van der Waals surface area contributed by atoms with E-state index in [0.717, 1.165) is 12.8 Å². The number of aliphatic hydroxyl groups excluding tert-OH is 1. The van der Waals surface area contributed by atoms with Gasteiger partial charge in [-0.25, -0.2) is 0 Å². The lowest BCUT2D eigenvalue weighted by Gasteiger charge is -2.21. The lowest BCUT2D eigenvalue weighted by molar-refractivity contribution is -0.138. The van der Waals surface area contributed by atoms with Crippen LogP contribution in [0, 0.1) is 0 Å². The van der Waals surface area contributed by atoms with E-state index in [1.54, 1.807) is 4.90 Å². The van der Waals surface area contributed by atoms with Crippen molar-refractivity contribution in [1.82, 2.24) is 4.90 Å². The number of aliphatic carboxylic acids is 1. The first-order valence-corrected chi connectivity index (χ1v) is 5.80. The Hall–Kier alpha value is -0.650. The van der Waals surface area contributed by atoms with Crippen LogP contribution in [0.15, 0.2) is 0 Å². The quantitative estimate of drug-likeness (QED) is 0.540. The molecule has 0 amide bonds. The smallest absolute Gasteiger partial charge is 0.317 e. The maximum Gasteiger partial charge on any atom is 0.317 e. The monoisotopic (exact) mass is 233 g/mol. The summed E-state index contributed by atoms with van der Waals surface area (Å²) in [6.07, 6.45) is 1.44. The van der Waals surface area contributed by atoms with Crippen LogP contribution >= 0.6 is 0 Å². The molecule has 0 aliphatic rings. The second-order valence-corrected chi connectivity index (χ2v) is 3.80. The van der Waals surface area contributed by atoms with E-state index in [0.29, 0.717) is 19.7 Å². The van der Waals surface area contributed by atoms with E-state index in [-0.39, 0.29) is 13.2 Å². The highest BCUT2D eigenvalue weighted by Gasteiger charge is 2.12. The lowest BCUT2D eigenvalue weighted by Crippen LogP contribution is -2.38. The maximum absolute atomic E-state index is 10.5. The normalized spacial score (nSPS) is 13.0. The molecule has 0 aromatic carbocycles. The molecule has 96 valence electrons. The minimum Gasteiger partial charge on any atom is -0.480 e. The van der Waals surface area contributed by atoms with E-state index in [4.69, 9.17) is 9.84 Å². The summed E-state index contributed by atoms with van der Waals surface area (Å²) < 4.78 is 5.26. The van der Waals surface area contributed by atoms with Crippen LogP contribution in [0.4, 0.5) is 0 Å². The van der Waals surface area contributed by atoms with Crippen LogP contribution in [0.25, 0.3) is 0 Å². The van der Waals surface area contributed by atoms with Crippen molar-refractivity contribution in [3.63, 3.8) is 0 Å². The van der Waals surface area contributed by atoms with Gasteiger partial charge in [0.05, 0.1) is 19.3 Å². The molecule has 2 N–H and O–H groups in total. The minimum atomic E-state index is -0.874. The molecule has 0 spiro atoms. The summed E-state index contributed by atoms with van der Waals surface area (Å²) in [4.78, 5) is 12.2. The highest BCUT2D eigenvalue weighted by molar-refractivity contribution is 5.69. The number of carbonyl (C=O) groups is 1. The summed E-state index contributed by atoms with van der Waals surface area (Å²) >= 11 is 0. The van der Waals surface area contributed by atoms with Crippen LogP contribution in [0.3, 0.4) is 0 Å². The number of unbranched alkanes of at least 4 members (excludes halogenated alkanes) is 1. The zero-order valence-corrected chi connectivity index (χ0v) is 10.2. The standard InChI is InChI=1S/C11H23NO4/c1-3-5-6-16-9-10(13)7-12(4-2)8-11(14)15/h10,13H,3-9H2,1-2H3,(H,14,15). The Morgan fingerprint density at radius 1 is 1.44 bits per heavy atom. The third-order valence-corrected chi connectivity index (χ3v) is 2.23. The van der Waals surface area contributed by atoms with Crippen molar-refractivity contribution in [1.29, 1.82) is 0 Å². The number of nitrogens with zero attached hydrogens (tertiary/aromatic N) is 1. The topological polar surface area (TPSA) is 70.0 Å². The fourth-order valence-electron chi connectivity index (χ4n) is 1.31. The molecule has 16 heavy (non-hydrogen) atoms. The fraction of sp³-hybridized carbons (Fsp3) is 0.909. The fourth-order valence-corrected chi connectivity index (χ4v) is 1.31. The predicted octanol–water partition coefficient (Wildman–Crippen LogP) is 0.570. The van der Waals surface area contributed by atoms with Crippen molar-refractivity contribution in [3.8, 4) is 0 Å². The minimum absolute atomic E-state index is 0.0392. The third-order valence-electron chi connectivity index (χ3n) is 2.23. The zero-order chi connectivity index (χ0) is 12.4. The Balaban J connectivity index is 3.65. The highest BCUT2D eigenvalue weighted by atomic mass is 16.5. The maximum atomic E-state index is 10.5. The van der Waals surface area contributed by atoms with Gasteiger partial charge in [0.1, 0.15) is 0 Å². The number of aliphatic hydroxyl groups is 1. The van der Waals surface area contributed by atoms with Crippen LogP contribution in [0.5, 0.6) is 0 Å². The van der Waals surface area contributed by atoms with Gasteiger partial charge in [0.15, 0.2) is 0 Å². The largest absolute Gasteiger partial charge is 0.480 e. The summed E-state index contributed by atoms with van der Waals surface area (Å²) in [6.45, 7) is 5.78. The first-order chi connectivity index (χ1) is 7.60. The van der Waals surface area contributed by atoms with Gasteiger partial charge in [-0.1, -0.05) is 20.3 Å². The molecule has 0 aromatic rings. The molecule has 1 unspecified atom stereocenters. The number of rotatable bonds is 10. The molecule has 0 saturated carbocycles.